The average molecular weight is 611 g/mol. The number of Topliss-reactive ketones (excluding diaryl/α,β-unsaturated/α-hetero) is 1. The molecule has 0 fully saturated rings. The molecule has 216 valence electrons. The van der Waals surface area contributed by atoms with E-state index in [-0.39, 0.29) is 34.7 Å². The summed E-state index contributed by atoms with van der Waals surface area (Å²) in [5, 5.41) is 0.637. The summed E-state index contributed by atoms with van der Waals surface area (Å²) in [6.07, 6.45) is -0.0943. The first kappa shape index (κ1) is 28.3. The van der Waals surface area contributed by atoms with Gasteiger partial charge in [0.2, 0.25) is 0 Å². The number of aromatic nitrogens is 1. The molecule has 0 spiro atoms. The number of benzene rings is 4. The smallest absolute Gasteiger partial charge is 0.277 e. The van der Waals surface area contributed by atoms with Crippen LogP contribution < -0.4 is 14.2 Å². The Labute approximate surface area is 253 Å². The van der Waals surface area contributed by atoms with Crippen LogP contribution in [0.25, 0.3) is 10.6 Å². The van der Waals surface area contributed by atoms with E-state index in [1.165, 1.54) is 12.1 Å². The number of rotatable bonds is 8. The molecular formula is C33H26N2O6S2. The maximum absolute atomic E-state index is 13.0. The van der Waals surface area contributed by atoms with Crippen LogP contribution in [0.5, 0.6) is 11.5 Å². The fraction of sp³-hybridized carbons (Fsp3) is 0.121. The first-order valence-electron chi connectivity index (χ1n) is 13.5. The van der Waals surface area contributed by atoms with Gasteiger partial charge in [0.25, 0.3) is 15.9 Å². The molecule has 1 unspecified atom stereocenters. The number of hydrogen-bond acceptors (Lipinski definition) is 8. The normalized spacial score (nSPS) is 14.4. The van der Waals surface area contributed by atoms with Crippen molar-refractivity contribution >= 4 is 33.1 Å². The van der Waals surface area contributed by atoms with Gasteiger partial charge in [-0.2, -0.15) is 0 Å². The van der Waals surface area contributed by atoms with Gasteiger partial charge in [-0.3, -0.25) is 9.59 Å². The highest BCUT2D eigenvalue weighted by Gasteiger charge is 2.28. The Hall–Kier alpha value is -4.80. The Balaban J connectivity index is 1.10. The quantitative estimate of drug-likeness (QED) is 0.213. The number of carbonyl (C=O) groups is 2. The van der Waals surface area contributed by atoms with Crippen molar-refractivity contribution in [3.05, 3.63) is 130 Å². The number of carbonyl (C=O) groups excluding carboxylic acids is 2. The highest BCUT2D eigenvalue weighted by atomic mass is 32.2. The van der Waals surface area contributed by atoms with Crippen LogP contribution in [0.4, 0.5) is 0 Å². The zero-order chi connectivity index (χ0) is 30.0. The van der Waals surface area contributed by atoms with Crippen molar-refractivity contribution in [1.29, 1.82) is 0 Å². The molecule has 1 atom stereocenters. The van der Waals surface area contributed by atoms with Gasteiger partial charge in [-0.25, -0.2) is 18.1 Å². The molecule has 5 aromatic rings. The van der Waals surface area contributed by atoms with Gasteiger partial charge in [0.1, 0.15) is 34.1 Å². The van der Waals surface area contributed by atoms with Crippen LogP contribution in [0.2, 0.25) is 0 Å². The molecule has 0 saturated carbocycles. The van der Waals surface area contributed by atoms with E-state index in [2.05, 4.69) is 9.71 Å². The molecule has 1 aliphatic rings. The van der Waals surface area contributed by atoms with E-state index in [9.17, 15) is 18.0 Å². The van der Waals surface area contributed by atoms with Crippen molar-refractivity contribution in [3.8, 4) is 22.1 Å². The minimum Gasteiger partial charge on any atom is -0.489 e. The van der Waals surface area contributed by atoms with Gasteiger partial charge in [-0.1, -0.05) is 72.8 Å². The minimum atomic E-state index is -4.12. The lowest BCUT2D eigenvalue weighted by atomic mass is 9.96. The SMILES string of the molecule is Cc1nc(-c2ccccc2)sc1C(=O)NS(=O)(=O)c1ccc(COc2ccc3c(c2)OC(c2ccccc2)CC3=O)cc1. The summed E-state index contributed by atoms with van der Waals surface area (Å²) in [6.45, 7) is 1.83. The predicted octanol–water partition coefficient (Wildman–Crippen LogP) is 6.52. The van der Waals surface area contributed by atoms with Crippen molar-refractivity contribution in [3.63, 3.8) is 0 Å². The molecule has 43 heavy (non-hydrogen) atoms. The summed E-state index contributed by atoms with van der Waals surface area (Å²) in [5.74, 6) is 0.255. The lowest BCUT2D eigenvalue weighted by molar-refractivity contribution is 0.0848. The molecule has 1 aliphatic heterocycles. The van der Waals surface area contributed by atoms with Crippen LogP contribution in [-0.2, 0) is 16.6 Å². The zero-order valence-corrected chi connectivity index (χ0v) is 24.7. The summed E-state index contributed by atoms with van der Waals surface area (Å²) < 4.78 is 40.1. The fourth-order valence-electron chi connectivity index (χ4n) is 4.72. The molecule has 8 nitrogen and oxygen atoms in total. The van der Waals surface area contributed by atoms with Crippen LogP contribution in [0.15, 0.2) is 108 Å². The van der Waals surface area contributed by atoms with E-state index in [1.54, 1.807) is 37.3 Å². The van der Waals surface area contributed by atoms with Crippen molar-refractivity contribution < 1.29 is 27.5 Å². The van der Waals surface area contributed by atoms with E-state index in [1.807, 2.05) is 60.7 Å². The summed E-state index contributed by atoms with van der Waals surface area (Å²) in [6, 6.07) is 30.2. The van der Waals surface area contributed by atoms with Crippen LogP contribution in [0, 0.1) is 6.92 Å². The minimum absolute atomic E-state index is 0.00711. The Morgan fingerprint density at radius 2 is 1.67 bits per heavy atom. The number of ether oxygens (including phenoxy) is 2. The van der Waals surface area contributed by atoms with E-state index in [4.69, 9.17) is 9.47 Å². The largest absolute Gasteiger partial charge is 0.489 e. The van der Waals surface area contributed by atoms with E-state index in [0.717, 1.165) is 22.5 Å². The second-order valence-corrected chi connectivity index (χ2v) is 12.7. The first-order chi connectivity index (χ1) is 20.8. The van der Waals surface area contributed by atoms with Crippen LogP contribution in [-0.4, -0.2) is 25.1 Å². The van der Waals surface area contributed by atoms with Gasteiger partial charge >= 0.3 is 0 Å². The molecule has 1 N–H and O–H groups in total. The number of amides is 1. The van der Waals surface area contributed by atoms with Gasteiger partial charge in [-0.15, -0.1) is 11.3 Å². The van der Waals surface area contributed by atoms with Gasteiger partial charge in [0.15, 0.2) is 5.78 Å². The zero-order valence-electron chi connectivity index (χ0n) is 23.0. The second kappa shape index (κ2) is 11.8. The lowest BCUT2D eigenvalue weighted by Gasteiger charge is -2.26. The molecule has 0 saturated heterocycles. The monoisotopic (exact) mass is 610 g/mol. The third-order valence-corrected chi connectivity index (χ3v) is 9.51. The first-order valence-corrected chi connectivity index (χ1v) is 15.8. The molecule has 1 aromatic heterocycles. The van der Waals surface area contributed by atoms with Crippen LogP contribution in [0.1, 0.15) is 49.4 Å². The number of aryl methyl sites for hydroxylation is 1. The highest BCUT2D eigenvalue weighted by Crippen LogP contribution is 2.37. The molecule has 0 aliphatic carbocycles. The van der Waals surface area contributed by atoms with Gasteiger partial charge < -0.3 is 9.47 Å². The van der Waals surface area contributed by atoms with Crippen molar-refractivity contribution in [1.82, 2.24) is 9.71 Å². The molecule has 10 heteroatoms. The molecular weight excluding hydrogens is 585 g/mol. The predicted molar refractivity (Wildman–Crippen MR) is 163 cm³/mol. The Morgan fingerprint density at radius 1 is 0.977 bits per heavy atom. The third-order valence-electron chi connectivity index (χ3n) is 6.95. The molecule has 6 rings (SSSR count). The summed E-state index contributed by atoms with van der Waals surface area (Å²) in [5.41, 5.74) is 3.46. The third kappa shape index (κ3) is 6.20. The Morgan fingerprint density at radius 3 is 2.40 bits per heavy atom. The van der Waals surface area contributed by atoms with Crippen LogP contribution >= 0.6 is 11.3 Å². The summed E-state index contributed by atoms with van der Waals surface area (Å²) in [4.78, 5) is 30.2. The molecule has 4 aromatic carbocycles. The molecule has 2 heterocycles. The van der Waals surface area contributed by atoms with E-state index >= 15 is 0 Å². The number of nitrogens with one attached hydrogen (secondary N) is 1. The standard InChI is InChI=1S/C33H26N2O6S2/c1-21-31(42-33(34-21)24-10-6-3-7-11-24)32(37)35-43(38,39)26-15-12-22(13-16-26)20-40-25-14-17-27-28(36)19-29(41-30(27)18-25)23-8-4-2-5-9-23/h2-18,29H,19-20H2,1H3,(H,35,37). The molecule has 0 bridgehead atoms. The highest BCUT2D eigenvalue weighted by molar-refractivity contribution is 7.90. The second-order valence-electron chi connectivity index (χ2n) is 9.97. The average Bonchev–Trinajstić information content (AvgIpc) is 3.42. The maximum Gasteiger partial charge on any atom is 0.277 e. The molecule has 1 amide bonds. The van der Waals surface area contributed by atoms with Gasteiger partial charge in [0, 0.05) is 11.6 Å². The summed E-state index contributed by atoms with van der Waals surface area (Å²) >= 11 is 1.14. The number of thiazole rings is 1. The summed E-state index contributed by atoms with van der Waals surface area (Å²) in [7, 11) is -4.12. The fourth-order valence-corrected chi connectivity index (χ4v) is 6.71. The maximum atomic E-state index is 13.0. The van der Waals surface area contributed by atoms with E-state index in [0.29, 0.717) is 33.3 Å². The number of hydrogen-bond donors (Lipinski definition) is 1. The number of sulfonamides is 1. The van der Waals surface area contributed by atoms with Crippen LogP contribution in [0.3, 0.4) is 0 Å². The van der Waals surface area contributed by atoms with Gasteiger partial charge in [-0.05, 0) is 42.3 Å². The van der Waals surface area contributed by atoms with E-state index < -0.39 is 15.9 Å². The van der Waals surface area contributed by atoms with Crippen molar-refractivity contribution in [2.24, 2.45) is 0 Å². The number of nitrogens with zero attached hydrogens (tertiary/aromatic N) is 1. The number of ketones is 1. The number of fused-ring (bicyclic) bond motifs is 1. The van der Waals surface area contributed by atoms with Gasteiger partial charge in [0.05, 0.1) is 22.6 Å². The van der Waals surface area contributed by atoms with Crippen molar-refractivity contribution in [2.75, 3.05) is 0 Å². The Kier molecular flexibility index (Phi) is 7.79. The topological polar surface area (TPSA) is 112 Å². The van der Waals surface area contributed by atoms with Crippen molar-refractivity contribution in [2.45, 2.75) is 31.0 Å². The Bertz CT molecular complexity index is 1900. The lowest BCUT2D eigenvalue weighted by Crippen LogP contribution is -2.30. The molecule has 0 radical (unpaired) electrons.